The van der Waals surface area contributed by atoms with E-state index in [9.17, 15) is 4.79 Å². The average molecular weight is 198 g/mol. The minimum atomic E-state index is -0.196. The smallest absolute Gasteiger partial charge is 0.217 e. The standard InChI is InChI=1S/C11H22N2O/c1-11(2)6-5-9(8-11)13-7-3-4-10(12)14/h9,13H,3-8H2,1-2H3,(H2,12,14). The van der Waals surface area contributed by atoms with Gasteiger partial charge in [-0.05, 0) is 37.6 Å². The Bertz CT molecular complexity index is 201. The van der Waals surface area contributed by atoms with Crippen molar-refractivity contribution in [2.75, 3.05) is 6.54 Å². The van der Waals surface area contributed by atoms with Crippen LogP contribution in [0.5, 0.6) is 0 Å². The maximum Gasteiger partial charge on any atom is 0.217 e. The van der Waals surface area contributed by atoms with Crippen molar-refractivity contribution in [2.45, 2.75) is 52.0 Å². The van der Waals surface area contributed by atoms with Crippen molar-refractivity contribution in [1.29, 1.82) is 0 Å². The third-order valence-electron chi connectivity index (χ3n) is 3.00. The fourth-order valence-corrected chi connectivity index (χ4v) is 2.18. The minimum absolute atomic E-state index is 0.196. The monoisotopic (exact) mass is 198 g/mol. The predicted molar refractivity (Wildman–Crippen MR) is 57.9 cm³/mol. The Morgan fingerprint density at radius 1 is 1.57 bits per heavy atom. The molecule has 3 heteroatoms. The molecule has 3 nitrogen and oxygen atoms in total. The van der Waals surface area contributed by atoms with Crippen LogP contribution < -0.4 is 11.1 Å². The molecule has 1 aliphatic rings. The van der Waals surface area contributed by atoms with Crippen LogP contribution in [0.4, 0.5) is 0 Å². The van der Waals surface area contributed by atoms with Crippen LogP contribution in [0.25, 0.3) is 0 Å². The first-order valence-corrected chi connectivity index (χ1v) is 5.51. The van der Waals surface area contributed by atoms with Gasteiger partial charge in [0.1, 0.15) is 0 Å². The van der Waals surface area contributed by atoms with E-state index in [1.54, 1.807) is 0 Å². The molecule has 0 saturated heterocycles. The summed E-state index contributed by atoms with van der Waals surface area (Å²) >= 11 is 0. The highest BCUT2D eigenvalue weighted by atomic mass is 16.1. The van der Waals surface area contributed by atoms with Crippen LogP contribution in [-0.4, -0.2) is 18.5 Å². The first-order chi connectivity index (χ1) is 6.49. The van der Waals surface area contributed by atoms with Crippen molar-refractivity contribution in [3.63, 3.8) is 0 Å². The molecule has 1 saturated carbocycles. The van der Waals surface area contributed by atoms with Gasteiger partial charge in [0.25, 0.3) is 0 Å². The summed E-state index contributed by atoms with van der Waals surface area (Å²) in [5.41, 5.74) is 5.56. The van der Waals surface area contributed by atoms with E-state index in [0.29, 0.717) is 17.9 Å². The third kappa shape index (κ3) is 4.09. The van der Waals surface area contributed by atoms with Gasteiger partial charge in [0.05, 0.1) is 0 Å². The van der Waals surface area contributed by atoms with E-state index >= 15 is 0 Å². The van der Waals surface area contributed by atoms with E-state index in [4.69, 9.17) is 5.73 Å². The summed E-state index contributed by atoms with van der Waals surface area (Å²) in [5.74, 6) is -0.196. The number of rotatable bonds is 5. The second-order valence-electron chi connectivity index (χ2n) is 5.13. The van der Waals surface area contributed by atoms with Crippen LogP contribution in [0.15, 0.2) is 0 Å². The highest BCUT2D eigenvalue weighted by Crippen LogP contribution is 2.36. The Morgan fingerprint density at radius 3 is 2.79 bits per heavy atom. The fourth-order valence-electron chi connectivity index (χ4n) is 2.18. The lowest BCUT2D eigenvalue weighted by Gasteiger charge is -2.17. The Hall–Kier alpha value is -0.570. The molecule has 0 aliphatic heterocycles. The lowest BCUT2D eigenvalue weighted by atomic mass is 9.92. The quantitative estimate of drug-likeness (QED) is 0.656. The van der Waals surface area contributed by atoms with Gasteiger partial charge < -0.3 is 11.1 Å². The molecule has 1 fully saturated rings. The molecule has 1 amide bonds. The van der Waals surface area contributed by atoms with Crippen LogP contribution >= 0.6 is 0 Å². The van der Waals surface area contributed by atoms with Crippen LogP contribution in [0.1, 0.15) is 46.0 Å². The van der Waals surface area contributed by atoms with Crippen LogP contribution in [0.2, 0.25) is 0 Å². The first-order valence-electron chi connectivity index (χ1n) is 5.51. The van der Waals surface area contributed by atoms with Gasteiger partial charge >= 0.3 is 0 Å². The molecule has 0 aromatic rings. The summed E-state index contributed by atoms with van der Waals surface area (Å²) in [6.45, 7) is 5.56. The molecule has 0 aromatic heterocycles. The van der Waals surface area contributed by atoms with E-state index in [2.05, 4.69) is 19.2 Å². The molecule has 0 bridgehead atoms. The SMILES string of the molecule is CC1(C)CCC(NCCCC(N)=O)C1. The number of nitrogens with two attached hydrogens (primary N) is 1. The van der Waals surface area contributed by atoms with E-state index in [1.165, 1.54) is 19.3 Å². The molecule has 1 unspecified atom stereocenters. The largest absolute Gasteiger partial charge is 0.370 e. The number of carbonyl (C=O) groups is 1. The summed E-state index contributed by atoms with van der Waals surface area (Å²) < 4.78 is 0. The Labute approximate surface area is 86.4 Å². The van der Waals surface area contributed by atoms with Gasteiger partial charge in [0, 0.05) is 12.5 Å². The molecule has 0 aromatic carbocycles. The molecule has 0 heterocycles. The van der Waals surface area contributed by atoms with Crippen molar-refractivity contribution in [3.8, 4) is 0 Å². The maximum atomic E-state index is 10.5. The fraction of sp³-hybridized carbons (Fsp3) is 0.909. The average Bonchev–Trinajstić information content (AvgIpc) is 2.39. The first kappa shape index (κ1) is 11.5. The summed E-state index contributed by atoms with van der Waals surface area (Å²) in [6, 6.07) is 0.651. The zero-order valence-electron chi connectivity index (χ0n) is 9.31. The third-order valence-corrected chi connectivity index (χ3v) is 3.00. The molecule has 1 atom stereocenters. The van der Waals surface area contributed by atoms with Gasteiger partial charge in [0.2, 0.25) is 5.91 Å². The zero-order valence-corrected chi connectivity index (χ0v) is 9.31. The molecule has 0 spiro atoms. The van der Waals surface area contributed by atoms with Crippen molar-refractivity contribution >= 4 is 5.91 Å². The van der Waals surface area contributed by atoms with Crippen molar-refractivity contribution in [2.24, 2.45) is 11.1 Å². The lowest BCUT2D eigenvalue weighted by Crippen LogP contribution is -2.29. The van der Waals surface area contributed by atoms with E-state index in [0.717, 1.165) is 13.0 Å². The summed E-state index contributed by atoms with van der Waals surface area (Å²) in [4.78, 5) is 10.5. The molecule has 3 N–H and O–H groups in total. The highest BCUT2D eigenvalue weighted by molar-refractivity contribution is 5.73. The maximum absolute atomic E-state index is 10.5. The van der Waals surface area contributed by atoms with Gasteiger partial charge in [0.15, 0.2) is 0 Å². The van der Waals surface area contributed by atoms with Crippen molar-refractivity contribution < 1.29 is 4.79 Å². The van der Waals surface area contributed by atoms with Crippen LogP contribution in [0, 0.1) is 5.41 Å². The number of hydrogen-bond donors (Lipinski definition) is 2. The molecular formula is C11H22N2O. The predicted octanol–water partition coefficient (Wildman–Crippen LogP) is 1.42. The molecule has 1 rings (SSSR count). The van der Waals surface area contributed by atoms with E-state index < -0.39 is 0 Å². The molecular weight excluding hydrogens is 176 g/mol. The number of carbonyl (C=O) groups excluding carboxylic acids is 1. The Morgan fingerprint density at radius 2 is 2.29 bits per heavy atom. The molecule has 0 radical (unpaired) electrons. The highest BCUT2D eigenvalue weighted by Gasteiger charge is 2.30. The summed E-state index contributed by atoms with van der Waals surface area (Å²) in [6.07, 6.45) is 5.20. The van der Waals surface area contributed by atoms with Gasteiger partial charge in [-0.25, -0.2) is 0 Å². The van der Waals surface area contributed by atoms with Crippen molar-refractivity contribution in [1.82, 2.24) is 5.32 Å². The summed E-state index contributed by atoms with van der Waals surface area (Å²) in [7, 11) is 0. The van der Waals surface area contributed by atoms with Gasteiger partial charge in [-0.2, -0.15) is 0 Å². The van der Waals surface area contributed by atoms with Crippen molar-refractivity contribution in [3.05, 3.63) is 0 Å². The number of amides is 1. The lowest BCUT2D eigenvalue weighted by molar-refractivity contribution is -0.118. The topological polar surface area (TPSA) is 55.1 Å². The van der Waals surface area contributed by atoms with Crippen LogP contribution in [0.3, 0.4) is 0 Å². The second kappa shape index (κ2) is 4.78. The van der Waals surface area contributed by atoms with Gasteiger partial charge in [-0.1, -0.05) is 13.8 Å². The number of hydrogen-bond acceptors (Lipinski definition) is 2. The Balaban J connectivity index is 2.06. The number of nitrogens with one attached hydrogen (secondary N) is 1. The minimum Gasteiger partial charge on any atom is -0.370 e. The van der Waals surface area contributed by atoms with Crippen LogP contribution in [-0.2, 0) is 4.79 Å². The van der Waals surface area contributed by atoms with E-state index in [1.807, 2.05) is 0 Å². The Kier molecular flexibility index (Phi) is 3.93. The summed E-state index contributed by atoms with van der Waals surface area (Å²) in [5, 5.41) is 3.48. The molecule has 82 valence electrons. The number of primary amides is 1. The molecule has 1 aliphatic carbocycles. The van der Waals surface area contributed by atoms with E-state index in [-0.39, 0.29) is 5.91 Å². The van der Waals surface area contributed by atoms with Gasteiger partial charge in [-0.3, -0.25) is 4.79 Å². The normalized spacial score (nSPS) is 25.1. The second-order valence-corrected chi connectivity index (χ2v) is 5.13. The molecule has 14 heavy (non-hydrogen) atoms. The van der Waals surface area contributed by atoms with Gasteiger partial charge in [-0.15, -0.1) is 0 Å². The zero-order chi connectivity index (χ0) is 10.6.